The lowest BCUT2D eigenvalue weighted by Gasteiger charge is -2.28. The maximum absolute atomic E-state index is 14.1. The van der Waals surface area contributed by atoms with Gasteiger partial charge in [0.2, 0.25) is 0 Å². The Bertz CT molecular complexity index is 556. The summed E-state index contributed by atoms with van der Waals surface area (Å²) in [4.78, 5) is 14.1. The minimum atomic E-state index is -0.584. The summed E-state index contributed by atoms with van der Waals surface area (Å²) >= 11 is 0. The first-order chi connectivity index (χ1) is 9.86. The fourth-order valence-corrected chi connectivity index (χ4v) is 1.98. The van der Waals surface area contributed by atoms with Gasteiger partial charge in [-0.3, -0.25) is 4.79 Å². The highest BCUT2D eigenvalue weighted by Crippen LogP contribution is 2.15. The van der Waals surface area contributed by atoms with Crippen LogP contribution in [0.5, 0.6) is 0 Å². The van der Waals surface area contributed by atoms with Crippen LogP contribution in [0.25, 0.3) is 0 Å². The summed E-state index contributed by atoms with van der Waals surface area (Å²) in [5, 5.41) is 8.63. The van der Waals surface area contributed by atoms with E-state index in [-0.39, 0.29) is 24.1 Å². The average molecular weight is 291 g/mol. The fourth-order valence-electron chi connectivity index (χ4n) is 1.98. The van der Waals surface area contributed by atoms with Gasteiger partial charge in [-0.2, -0.15) is 0 Å². The topological polar surface area (TPSA) is 40.5 Å². The summed E-state index contributed by atoms with van der Waals surface area (Å²) < 4.78 is 14.1. The molecule has 0 saturated carbocycles. The van der Waals surface area contributed by atoms with Crippen molar-refractivity contribution in [3.8, 4) is 11.8 Å². The van der Waals surface area contributed by atoms with E-state index in [2.05, 4.69) is 11.8 Å². The number of carbonyl (C=O) groups excluding carboxylic acids is 1. The Morgan fingerprint density at radius 1 is 1.33 bits per heavy atom. The van der Waals surface area contributed by atoms with E-state index in [0.29, 0.717) is 18.0 Å². The van der Waals surface area contributed by atoms with Crippen LogP contribution in [0.15, 0.2) is 18.2 Å². The maximum Gasteiger partial charge on any atom is 0.257 e. The van der Waals surface area contributed by atoms with Gasteiger partial charge in [0.25, 0.3) is 5.91 Å². The molecule has 0 atom stereocenters. The number of hydrogen-bond donors (Lipinski definition) is 1. The molecule has 1 aromatic rings. The molecule has 1 N–H and O–H groups in total. The Kier molecular flexibility index (Phi) is 6.39. The second-order valence-electron chi connectivity index (χ2n) is 5.60. The highest BCUT2D eigenvalue weighted by Gasteiger charge is 2.22. The number of nitrogens with zero attached hydrogens (tertiary/aromatic N) is 1. The first kappa shape index (κ1) is 17.2. The van der Waals surface area contributed by atoms with Gasteiger partial charge in [-0.25, -0.2) is 4.39 Å². The Balaban J connectivity index is 3.05. The Labute approximate surface area is 125 Å². The van der Waals surface area contributed by atoms with Gasteiger partial charge >= 0.3 is 0 Å². The van der Waals surface area contributed by atoms with Crippen LogP contribution in [0, 0.1) is 23.6 Å². The van der Waals surface area contributed by atoms with E-state index in [4.69, 9.17) is 5.11 Å². The zero-order valence-electron chi connectivity index (χ0n) is 13.0. The molecule has 114 valence electrons. The highest BCUT2D eigenvalue weighted by atomic mass is 19.1. The molecule has 0 aliphatic heterocycles. The number of aliphatic hydroxyl groups excluding tert-OH is 1. The van der Waals surface area contributed by atoms with Gasteiger partial charge in [0.05, 0.1) is 5.56 Å². The predicted molar refractivity (Wildman–Crippen MR) is 81.4 cm³/mol. The van der Waals surface area contributed by atoms with Gasteiger partial charge in [0, 0.05) is 18.2 Å². The van der Waals surface area contributed by atoms with Gasteiger partial charge in [-0.15, -0.1) is 0 Å². The largest absolute Gasteiger partial charge is 0.384 e. The number of halogens is 1. The summed E-state index contributed by atoms with van der Waals surface area (Å²) in [6, 6.07) is 4.28. The van der Waals surface area contributed by atoms with E-state index in [9.17, 15) is 9.18 Å². The van der Waals surface area contributed by atoms with Crippen LogP contribution in [0.1, 0.15) is 43.6 Å². The lowest BCUT2D eigenvalue weighted by molar-refractivity contribution is 0.0677. The third-order valence-electron chi connectivity index (χ3n) is 2.96. The van der Waals surface area contributed by atoms with Gasteiger partial charge < -0.3 is 10.0 Å². The third-order valence-corrected chi connectivity index (χ3v) is 2.96. The molecule has 0 radical (unpaired) electrons. The normalized spacial score (nSPS) is 10.5. The molecule has 0 bridgehead atoms. The van der Waals surface area contributed by atoms with E-state index in [1.165, 1.54) is 12.1 Å². The van der Waals surface area contributed by atoms with Crippen LogP contribution in [0.3, 0.4) is 0 Å². The van der Waals surface area contributed by atoms with Crippen LogP contribution in [-0.2, 0) is 0 Å². The summed E-state index contributed by atoms with van der Waals surface area (Å²) in [5.41, 5.74) is 0.497. The molecule has 21 heavy (non-hydrogen) atoms. The molecular weight excluding hydrogens is 269 g/mol. The molecule has 1 rings (SSSR count). The third kappa shape index (κ3) is 4.87. The number of rotatable bonds is 4. The van der Waals surface area contributed by atoms with Crippen LogP contribution in [-0.4, -0.2) is 35.1 Å². The van der Waals surface area contributed by atoms with Crippen molar-refractivity contribution in [2.24, 2.45) is 5.92 Å². The van der Waals surface area contributed by atoms with Crippen LogP contribution in [0.4, 0.5) is 4.39 Å². The summed E-state index contributed by atoms with van der Waals surface area (Å²) in [5.74, 6) is 4.49. The monoisotopic (exact) mass is 291 g/mol. The van der Waals surface area contributed by atoms with Gasteiger partial charge in [-0.1, -0.05) is 25.7 Å². The van der Waals surface area contributed by atoms with E-state index in [1.807, 2.05) is 27.7 Å². The maximum atomic E-state index is 14.1. The summed E-state index contributed by atoms with van der Waals surface area (Å²) in [6.07, 6.45) is 0. The highest BCUT2D eigenvalue weighted by molar-refractivity contribution is 5.94. The second-order valence-corrected chi connectivity index (χ2v) is 5.60. The Morgan fingerprint density at radius 3 is 2.48 bits per heavy atom. The summed E-state index contributed by atoms with van der Waals surface area (Å²) in [7, 11) is 0. The van der Waals surface area contributed by atoms with E-state index >= 15 is 0 Å². The minimum Gasteiger partial charge on any atom is -0.384 e. The minimum absolute atomic E-state index is 0.00755. The van der Waals surface area contributed by atoms with Crippen molar-refractivity contribution in [1.29, 1.82) is 0 Å². The molecule has 0 aromatic heterocycles. The second kappa shape index (κ2) is 7.80. The molecule has 0 unspecified atom stereocenters. The molecule has 0 aliphatic rings. The average Bonchev–Trinajstić information content (AvgIpc) is 2.41. The van der Waals surface area contributed by atoms with Crippen LogP contribution >= 0.6 is 0 Å². The number of benzene rings is 1. The quantitative estimate of drug-likeness (QED) is 0.866. The molecule has 3 nitrogen and oxygen atoms in total. The SMILES string of the molecule is CC(C)CN(C(=O)c1ccc(C#CCO)cc1F)C(C)C. The van der Waals surface area contributed by atoms with E-state index in [1.54, 1.807) is 11.0 Å². The zero-order chi connectivity index (χ0) is 16.0. The lowest BCUT2D eigenvalue weighted by atomic mass is 10.1. The fraction of sp³-hybridized carbons (Fsp3) is 0.471. The molecule has 0 saturated heterocycles. The molecule has 4 heteroatoms. The smallest absolute Gasteiger partial charge is 0.257 e. The number of amides is 1. The van der Waals surface area contributed by atoms with Crippen molar-refractivity contribution in [2.45, 2.75) is 33.7 Å². The summed E-state index contributed by atoms with van der Waals surface area (Å²) in [6.45, 7) is 8.18. The van der Waals surface area contributed by atoms with Gasteiger partial charge in [-0.05, 0) is 38.0 Å². The molecule has 0 aliphatic carbocycles. The molecule has 0 spiro atoms. The van der Waals surface area contributed by atoms with Crippen molar-refractivity contribution in [3.63, 3.8) is 0 Å². The van der Waals surface area contributed by atoms with Gasteiger partial charge in [0.1, 0.15) is 12.4 Å². The zero-order valence-corrected chi connectivity index (χ0v) is 13.0. The van der Waals surface area contributed by atoms with Crippen molar-refractivity contribution >= 4 is 5.91 Å². The van der Waals surface area contributed by atoms with Crippen molar-refractivity contribution in [1.82, 2.24) is 4.90 Å². The molecular formula is C17H22FNO2. The number of aliphatic hydroxyl groups is 1. The lowest BCUT2D eigenvalue weighted by Crippen LogP contribution is -2.39. The standard InChI is InChI=1S/C17H22FNO2/c1-12(2)11-19(13(3)4)17(21)15-8-7-14(6-5-9-20)10-16(15)18/h7-8,10,12-13,20H,9,11H2,1-4H3. The van der Waals surface area contributed by atoms with E-state index < -0.39 is 5.82 Å². The molecule has 0 fully saturated rings. The van der Waals surface area contributed by atoms with Crippen molar-refractivity contribution < 1.29 is 14.3 Å². The first-order valence-corrected chi connectivity index (χ1v) is 7.07. The van der Waals surface area contributed by atoms with E-state index in [0.717, 1.165) is 0 Å². The van der Waals surface area contributed by atoms with Crippen molar-refractivity contribution in [2.75, 3.05) is 13.2 Å². The van der Waals surface area contributed by atoms with Crippen LogP contribution < -0.4 is 0 Å². The molecule has 1 amide bonds. The Morgan fingerprint density at radius 2 is 2.00 bits per heavy atom. The number of carbonyl (C=O) groups is 1. The molecule has 1 aromatic carbocycles. The number of hydrogen-bond acceptors (Lipinski definition) is 2. The van der Waals surface area contributed by atoms with Crippen LogP contribution in [0.2, 0.25) is 0 Å². The first-order valence-electron chi connectivity index (χ1n) is 7.07. The van der Waals surface area contributed by atoms with Crippen molar-refractivity contribution in [3.05, 3.63) is 35.1 Å². The Hall–Kier alpha value is -1.86. The predicted octanol–water partition coefficient (Wildman–Crippen LogP) is 2.68. The van der Waals surface area contributed by atoms with Gasteiger partial charge in [0.15, 0.2) is 0 Å². The molecule has 0 heterocycles.